The van der Waals surface area contributed by atoms with Crippen LogP contribution in [0.3, 0.4) is 0 Å². The molecule has 0 amide bonds. The number of hydrogen-bond donors (Lipinski definition) is 1. The lowest BCUT2D eigenvalue weighted by Gasteiger charge is -2.12. The van der Waals surface area contributed by atoms with Gasteiger partial charge in [0, 0.05) is 4.88 Å². The number of esters is 1. The fourth-order valence-electron chi connectivity index (χ4n) is 3.00. The van der Waals surface area contributed by atoms with Crippen molar-refractivity contribution >= 4 is 28.2 Å². The lowest BCUT2D eigenvalue weighted by Crippen LogP contribution is -2.17. The molecular weight excluding hydrogens is 324 g/mol. The normalized spacial score (nSPS) is 14.5. The minimum Gasteiger partial charge on any atom is -0.450 e. The van der Waals surface area contributed by atoms with Crippen LogP contribution < -0.4 is 5.56 Å². The molecule has 122 valence electrons. The molecule has 0 saturated carbocycles. The lowest BCUT2D eigenvalue weighted by atomic mass is 10.2. The zero-order valence-corrected chi connectivity index (χ0v) is 14.0. The third-order valence-corrected chi connectivity index (χ3v) is 5.46. The van der Waals surface area contributed by atoms with Gasteiger partial charge in [-0.25, -0.2) is 9.78 Å². The smallest absolute Gasteiger partial charge is 0.349 e. The first kappa shape index (κ1) is 15.1. The minimum absolute atomic E-state index is 0.228. The summed E-state index contributed by atoms with van der Waals surface area (Å²) >= 11 is 1.51. The Morgan fingerprint density at radius 2 is 2.17 bits per heavy atom. The van der Waals surface area contributed by atoms with Crippen LogP contribution in [0.15, 0.2) is 35.1 Å². The number of nitrogens with zero attached hydrogens (tertiary/aromatic N) is 1. The molecule has 2 aromatic heterocycles. The molecular formula is C18H16N2O3S. The molecule has 1 aromatic carbocycles. The van der Waals surface area contributed by atoms with Crippen LogP contribution in [-0.2, 0) is 17.6 Å². The van der Waals surface area contributed by atoms with Crippen LogP contribution >= 0.6 is 11.3 Å². The van der Waals surface area contributed by atoms with Crippen LogP contribution in [0.1, 0.15) is 45.4 Å². The average molecular weight is 340 g/mol. The van der Waals surface area contributed by atoms with Crippen molar-refractivity contribution < 1.29 is 9.53 Å². The number of aromatic amines is 1. The molecule has 1 aliphatic carbocycles. The van der Waals surface area contributed by atoms with Crippen LogP contribution in [0.4, 0.5) is 0 Å². The number of ether oxygens (including phenoxy) is 1. The summed E-state index contributed by atoms with van der Waals surface area (Å²) in [5.74, 6) is -0.00569. The van der Waals surface area contributed by atoms with E-state index in [1.54, 1.807) is 25.1 Å². The molecule has 2 heterocycles. The molecule has 0 aliphatic heterocycles. The number of hydrogen-bond acceptors (Lipinski definition) is 5. The number of thiophene rings is 1. The van der Waals surface area contributed by atoms with E-state index < -0.39 is 6.10 Å². The maximum Gasteiger partial charge on any atom is 0.349 e. The van der Waals surface area contributed by atoms with Gasteiger partial charge in [0.1, 0.15) is 4.88 Å². The van der Waals surface area contributed by atoms with E-state index in [-0.39, 0.29) is 11.5 Å². The summed E-state index contributed by atoms with van der Waals surface area (Å²) in [4.78, 5) is 33.5. The zero-order chi connectivity index (χ0) is 16.7. The maximum absolute atomic E-state index is 12.4. The Labute approximate surface area is 142 Å². The fraction of sp³-hybridized carbons (Fsp3) is 0.278. The number of carbonyl (C=O) groups excluding carboxylic acids is 1. The molecule has 0 saturated heterocycles. The third-order valence-electron chi connectivity index (χ3n) is 4.25. The third kappa shape index (κ3) is 2.63. The highest BCUT2D eigenvalue weighted by atomic mass is 32.1. The van der Waals surface area contributed by atoms with Gasteiger partial charge < -0.3 is 9.72 Å². The van der Waals surface area contributed by atoms with Gasteiger partial charge in [-0.1, -0.05) is 12.1 Å². The zero-order valence-electron chi connectivity index (χ0n) is 13.2. The molecule has 4 rings (SSSR count). The van der Waals surface area contributed by atoms with E-state index in [4.69, 9.17) is 4.74 Å². The summed E-state index contributed by atoms with van der Waals surface area (Å²) in [5, 5.41) is 0.523. The van der Waals surface area contributed by atoms with Gasteiger partial charge in [0.2, 0.25) is 0 Å². The van der Waals surface area contributed by atoms with Crippen LogP contribution in [0.2, 0.25) is 0 Å². The Balaban J connectivity index is 1.58. The van der Waals surface area contributed by atoms with Crippen molar-refractivity contribution in [2.24, 2.45) is 0 Å². The standard InChI is InChI=1S/C18H16N2O3S/c1-10(16-19-13-7-3-2-6-12(13)17(21)20-16)23-18(22)15-9-11-5-4-8-14(11)24-15/h2-3,6-7,9-10H,4-5,8H2,1H3,(H,19,20,21). The molecule has 5 nitrogen and oxygen atoms in total. The summed E-state index contributed by atoms with van der Waals surface area (Å²) in [7, 11) is 0. The molecule has 0 bridgehead atoms. The fourth-order valence-corrected chi connectivity index (χ4v) is 4.14. The van der Waals surface area contributed by atoms with Crippen LogP contribution in [0.5, 0.6) is 0 Å². The second-order valence-electron chi connectivity index (χ2n) is 5.93. The van der Waals surface area contributed by atoms with Crippen molar-refractivity contribution in [2.45, 2.75) is 32.3 Å². The van der Waals surface area contributed by atoms with Crippen LogP contribution in [0, 0.1) is 0 Å². The molecule has 6 heteroatoms. The summed E-state index contributed by atoms with van der Waals surface area (Å²) in [6.45, 7) is 1.71. The topological polar surface area (TPSA) is 72.0 Å². The lowest BCUT2D eigenvalue weighted by molar-refractivity contribution is 0.0326. The Kier molecular flexibility index (Phi) is 3.69. The van der Waals surface area contributed by atoms with E-state index in [1.807, 2.05) is 12.1 Å². The number of aromatic nitrogens is 2. The first-order chi connectivity index (χ1) is 11.6. The molecule has 1 N–H and O–H groups in total. The number of fused-ring (bicyclic) bond motifs is 2. The van der Waals surface area contributed by atoms with Crippen molar-refractivity contribution in [1.29, 1.82) is 0 Å². The quantitative estimate of drug-likeness (QED) is 0.742. The number of carbonyl (C=O) groups is 1. The number of H-pyrrole nitrogens is 1. The van der Waals surface area contributed by atoms with Crippen molar-refractivity contribution in [3.05, 3.63) is 61.8 Å². The molecule has 1 unspecified atom stereocenters. The number of nitrogens with one attached hydrogen (secondary N) is 1. The number of benzene rings is 1. The van der Waals surface area contributed by atoms with Crippen LogP contribution in [-0.4, -0.2) is 15.9 Å². The Hall–Kier alpha value is -2.47. The molecule has 0 fully saturated rings. The largest absolute Gasteiger partial charge is 0.450 e. The molecule has 24 heavy (non-hydrogen) atoms. The van der Waals surface area contributed by atoms with Gasteiger partial charge in [0.15, 0.2) is 11.9 Å². The van der Waals surface area contributed by atoms with E-state index in [0.717, 1.165) is 19.3 Å². The average Bonchev–Trinajstić information content (AvgIpc) is 3.16. The maximum atomic E-state index is 12.4. The number of aryl methyl sites for hydroxylation is 2. The SMILES string of the molecule is CC(OC(=O)c1cc2c(s1)CCC2)c1nc2ccccc2c(=O)[nH]1. The monoisotopic (exact) mass is 340 g/mol. The van der Waals surface area contributed by atoms with Gasteiger partial charge in [-0.05, 0) is 49.9 Å². The predicted molar refractivity (Wildman–Crippen MR) is 92.5 cm³/mol. The highest BCUT2D eigenvalue weighted by molar-refractivity contribution is 7.14. The second kappa shape index (κ2) is 5.87. The van der Waals surface area contributed by atoms with E-state index >= 15 is 0 Å². The van der Waals surface area contributed by atoms with E-state index in [9.17, 15) is 9.59 Å². The summed E-state index contributed by atoms with van der Waals surface area (Å²) in [5.41, 5.74) is 1.62. The number of rotatable bonds is 3. The summed E-state index contributed by atoms with van der Waals surface area (Å²) < 4.78 is 5.50. The van der Waals surface area contributed by atoms with Gasteiger partial charge in [0.25, 0.3) is 5.56 Å². The minimum atomic E-state index is -0.619. The molecule has 1 aliphatic rings. The van der Waals surface area contributed by atoms with Crippen molar-refractivity contribution in [3.8, 4) is 0 Å². The predicted octanol–water partition coefficient (Wildman–Crippen LogP) is 3.39. The van der Waals surface area contributed by atoms with E-state index in [0.29, 0.717) is 21.6 Å². The van der Waals surface area contributed by atoms with Crippen molar-refractivity contribution in [1.82, 2.24) is 9.97 Å². The second-order valence-corrected chi connectivity index (χ2v) is 7.07. The first-order valence-corrected chi connectivity index (χ1v) is 8.75. The van der Waals surface area contributed by atoms with Crippen molar-refractivity contribution in [2.75, 3.05) is 0 Å². The van der Waals surface area contributed by atoms with E-state index in [2.05, 4.69) is 9.97 Å². The Morgan fingerprint density at radius 3 is 3.00 bits per heavy atom. The van der Waals surface area contributed by atoms with Gasteiger partial charge in [-0.2, -0.15) is 0 Å². The first-order valence-electron chi connectivity index (χ1n) is 7.93. The Bertz CT molecular complexity index is 968. The number of para-hydroxylation sites is 1. The molecule has 0 spiro atoms. The summed E-state index contributed by atoms with van der Waals surface area (Å²) in [6, 6.07) is 9.03. The molecule has 0 radical (unpaired) electrons. The molecule has 3 aromatic rings. The van der Waals surface area contributed by atoms with E-state index in [1.165, 1.54) is 21.8 Å². The summed E-state index contributed by atoms with van der Waals surface area (Å²) in [6.07, 6.45) is 2.62. The highest BCUT2D eigenvalue weighted by Crippen LogP contribution is 2.31. The Morgan fingerprint density at radius 1 is 1.33 bits per heavy atom. The van der Waals surface area contributed by atoms with Gasteiger partial charge >= 0.3 is 5.97 Å². The van der Waals surface area contributed by atoms with Gasteiger partial charge in [-0.15, -0.1) is 11.3 Å². The van der Waals surface area contributed by atoms with Gasteiger partial charge in [-0.3, -0.25) is 4.79 Å². The highest BCUT2D eigenvalue weighted by Gasteiger charge is 2.22. The van der Waals surface area contributed by atoms with Gasteiger partial charge in [0.05, 0.1) is 10.9 Å². The molecule has 1 atom stereocenters. The van der Waals surface area contributed by atoms with Crippen molar-refractivity contribution in [3.63, 3.8) is 0 Å². The van der Waals surface area contributed by atoms with Crippen LogP contribution in [0.25, 0.3) is 10.9 Å².